The number of rotatable bonds is 5. The molecule has 2 aromatic carbocycles. The van der Waals surface area contributed by atoms with E-state index in [2.05, 4.69) is 44.7 Å². The smallest absolute Gasteiger partial charge is 0.128 e. The van der Waals surface area contributed by atoms with Crippen LogP contribution in [0.3, 0.4) is 0 Å². The van der Waals surface area contributed by atoms with Crippen molar-refractivity contribution < 1.29 is 5.11 Å². The van der Waals surface area contributed by atoms with Crippen LogP contribution in [0.4, 0.5) is 0 Å². The molecule has 2 atom stereocenters. The second-order valence-electron chi connectivity index (χ2n) is 5.49. The van der Waals surface area contributed by atoms with Crippen LogP contribution in [0.1, 0.15) is 45.7 Å². The van der Waals surface area contributed by atoms with E-state index in [1.807, 2.05) is 24.3 Å². The molecule has 0 fully saturated rings. The van der Waals surface area contributed by atoms with Crippen LogP contribution in [0.5, 0.6) is 5.75 Å². The monoisotopic (exact) mass is 271 g/mol. The van der Waals surface area contributed by atoms with Crippen LogP contribution in [0.2, 0.25) is 0 Å². The molecule has 1 N–H and O–H groups in total. The van der Waals surface area contributed by atoms with Crippen LogP contribution in [0.15, 0.2) is 36.4 Å². The maximum Gasteiger partial charge on any atom is 0.128 e. The van der Waals surface area contributed by atoms with Gasteiger partial charge in [-0.15, -0.1) is 0 Å². The SMILES string of the molecule is CCC(C)N(CC)C(C)c1ccc2ccccc2c1O. The van der Waals surface area contributed by atoms with Crippen molar-refractivity contribution in [2.75, 3.05) is 6.54 Å². The highest BCUT2D eigenvalue weighted by atomic mass is 16.3. The third kappa shape index (κ3) is 2.66. The third-order valence-corrected chi connectivity index (χ3v) is 4.40. The molecule has 0 aliphatic carbocycles. The Balaban J connectivity index is 2.44. The summed E-state index contributed by atoms with van der Waals surface area (Å²) < 4.78 is 0. The summed E-state index contributed by atoms with van der Waals surface area (Å²) in [6, 6.07) is 12.9. The van der Waals surface area contributed by atoms with Crippen LogP contribution < -0.4 is 0 Å². The minimum atomic E-state index is 0.222. The van der Waals surface area contributed by atoms with Crippen molar-refractivity contribution in [1.29, 1.82) is 0 Å². The zero-order valence-electron chi connectivity index (χ0n) is 12.9. The zero-order valence-corrected chi connectivity index (χ0v) is 12.9. The maximum atomic E-state index is 10.6. The van der Waals surface area contributed by atoms with Crippen molar-refractivity contribution in [1.82, 2.24) is 4.90 Å². The minimum Gasteiger partial charge on any atom is -0.507 e. The van der Waals surface area contributed by atoms with Crippen LogP contribution in [0, 0.1) is 0 Å². The van der Waals surface area contributed by atoms with E-state index in [-0.39, 0.29) is 6.04 Å². The number of hydrogen-bond acceptors (Lipinski definition) is 2. The van der Waals surface area contributed by atoms with Crippen LogP contribution >= 0.6 is 0 Å². The molecular weight excluding hydrogens is 246 g/mol. The average molecular weight is 271 g/mol. The molecule has 0 heterocycles. The van der Waals surface area contributed by atoms with Crippen LogP contribution in [0.25, 0.3) is 10.8 Å². The Morgan fingerprint density at radius 3 is 2.40 bits per heavy atom. The molecule has 2 nitrogen and oxygen atoms in total. The summed E-state index contributed by atoms with van der Waals surface area (Å²) in [6.07, 6.45) is 1.12. The number of nitrogens with zero attached hydrogens (tertiary/aromatic N) is 1. The molecule has 20 heavy (non-hydrogen) atoms. The van der Waals surface area contributed by atoms with Gasteiger partial charge in [0.15, 0.2) is 0 Å². The normalized spacial score (nSPS) is 14.7. The Bertz CT molecular complexity index is 579. The first-order valence-corrected chi connectivity index (χ1v) is 7.56. The van der Waals surface area contributed by atoms with E-state index in [0.29, 0.717) is 11.8 Å². The van der Waals surface area contributed by atoms with E-state index in [4.69, 9.17) is 0 Å². The van der Waals surface area contributed by atoms with Gasteiger partial charge in [-0.05, 0) is 32.2 Å². The molecule has 2 rings (SSSR count). The number of benzene rings is 2. The molecule has 0 amide bonds. The van der Waals surface area contributed by atoms with Crippen molar-refractivity contribution in [3.8, 4) is 5.75 Å². The third-order valence-electron chi connectivity index (χ3n) is 4.40. The van der Waals surface area contributed by atoms with E-state index < -0.39 is 0 Å². The topological polar surface area (TPSA) is 23.5 Å². The van der Waals surface area contributed by atoms with Crippen molar-refractivity contribution in [3.05, 3.63) is 42.0 Å². The predicted molar refractivity (Wildman–Crippen MR) is 86.2 cm³/mol. The summed E-state index contributed by atoms with van der Waals surface area (Å²) in [5.74, 6) is 0.428. The van der Waals surface area contributed by atoms with Crippen LogP contribution in [-0.4, -0.2) is 22.6 Å². The van der Waals surface area contributed by atoms with E-state index in [1.165, 1.54) is 0 Å². The first kappa shape index (κ1) is 14.9. The Morgan fingerprint density at radius 2 is 1.75 bits per heavy atom. The summed E-state index contributed by atoms with van der Waals surface area (Å²) >= 11 is 0. The molecule has 0 saturated carbocycles. The lowest BCUT2D eigenvalue weighted by Crippen LogP contribution is -2.34. The molecule has 0 bridgehead atoms. The van der Waals surface area contributed by atoms with Crippen LogP contribution in [-0.2, 0) is 0 Å². The average Bonchev–Trinajstić information content (AvgIpc) is 2.48. The summed E-state index contributed by atoms with van der Waals surface area (Å²) in [5, 5.41) is 12.6. The van der Waals surface area contributed by atoms with Crippen molar-refractivity contribution in [2.24, 2.45) is 0 Å². The van der Waals surface area contributed by atoms with E-state index >= 15 is 0 Å². The summed E-state index contributed by atoms with van der Waals surface area (Å²) in [5.41, 5.74) is 1.02. The quantitative estimate of drug-likeness (QED) is 0.850. The standard InChI is InChI=1S/C18H25NO/c1-5-13(3)19(6-2)14(4)16-12-11-15-9-7-8-10-17(15)18(16)20/h7-14,20H,5-6H2,1-4H3. The number of hydrogen-bond donors (Lipinski definition) is 1. The van der Waals surface area contributed by atoms with Gasteiger partial charge in [-0.25, -0.2) is 0 Å². The van der Waals surface area contributed by atoms with Gasteiger partial charge in [-0.3, -0.25) is 4.90 Å². The van der Waals surface area contributed by atoms with Gasteiger partial charge in [0.25, 0.3) is 0 Å². The highest BCUT2D eigenvalue weighted by molar-refractivity contribution is 5.89. The Labute approximate surface area is 122 Å². The molecule has 2 aromatic rings. The zero-order chi connectivity index (χ0) is 14.7. The molecule has 0 aliphatic heterocycles. The number of phenolic OH excluding ortho intramolecular Hbond substituents is 1. The van der Waals surface area contributed by atoms with E-state index in [1.54, 1.807) is 0 Å². The second-order valence-corrected chi connectivity index (χ2v) is 5.49. The van der Waals surface area contributed by atoms with Gasteiger partial charge in [-0.1, -0.05) is 50.2 Å². The van der Waals surface area contributed by atoms with Gasteiger partial charge in [0.1, 0.15) is 5.75 Å². The lowest BCUT2D eigenvalue weighted by atomic mass is 9.99. The molecule has 0 aliphatic rings. The summed E-state index contributed by atoms with van der Waals surface area (Å²) in [4.78, 5) is 2.43. The highest BCUT2D eigenvalue weighted by Crippen LogP contribution is 2.35. The van der Waals surface area contributed by atoms with Gasteiger partial charge in [0.2, 0.25) is 0 Å². The lowest BCUT2D eigenvalue weighted by molar-refractivity contribution is 0.157. The van der Waals surface area contributed by atoms with Gasteiger partial charge < -0.3 is 5.11 Å². The second kappa shape index (κ2) is 6.27. The molecular formula is C18H25NO. The molecule has 0 radical (unpaired) electrons. The summed E-state index contributed by atoms with van der Waals surface area (Å²) in [7, 11) is 0. The Kier molecular flexibility index (Phi) is 4.66. The van der Waals surface area contributed by atoms with E-state index in [9.17, 15) is 5.11 Å². The fraction of sp³-hybridized carbons (Fsp3) is 0.444. The van der Waals surface area contributed by atoms with Gasteiger partial charge in [0, 0.05) is 23.0 Å². The molecule has 0 saturated heterocycles. The largest absolute Gasteiger partial charge is 0.507 e. The highest BCUT2D eigenvalue weighted by Gasteiger charge is 2.21. The maximum absolute atomic E-state index is 10.6. The first-order chi connectivity index (χ1) is 9.60. The number of phenols is 1. The minimum absolute atomic E-state index is 0.222. The molecule has 108 valence electrons. The van der Waals surface area contributed by atoms with Gasteiger partial charge >= 0.3 is 0 Å². The fourth-order valence-electron chi connectivity index (χ4n) is 2.99. The predicted octanol–water partition coefficient (Wildman–Crippen LogP) is 4.73. The van der Waals surface area contributed by atoms with E-state index in [0.717, 1.165) is 29.3 Å². The Morgan fingerprint density at radius 1 is 1.05 bits per heavy atom. The van der Waals surface area contributed by atoms with Gasteiger partial charge in [0.05, 0.1) is 0 Å². The molecule has 0 spiro atoms. The summed E-state index contributed by atoms with van der Waals surface area (Å²) in [6.45, 7) is 9.81. The Hall–Kier alpha value is -1.54. The first-order valence-electron chi connectivity index (χ1n) is 7.56. The van der Waals surface area contributed by atoms with Crippen molar-refractivity contribution >= 4 is 10.8 Å². The van der Waals surface area contributed by atoms with Crippen molar-refractivity contribution in [3.63, 3.8) is 0 Å². The van der Waals surface area contributed by atoms with Crippen molar-refractivity contribution in [2.45, 2.75) is 46.2 Å². The fourth-order valence-corrected chi connectivity index (χ4v) is 2.99. The molecule has 0 aromatic heterocycles. The van der Waals surface area contributed by atoms with Gasteiger partial charge in [-0.2, -0.15) is 0 Å². The number of fused-ring (bicyclic) bond motifs is 1. The molecule has 2 heteroatoms. The number of aromatic hydroxyl groups is 1. The molecule has 2 unspecified atom stereocenters. The lowest BCUT2D eigenvalue weighted by Gasteiger charge is -2.33.